The van der Waals surface area contributed by atoms with Crippen molar-refractivity contribution in [2.75, 3.05) is 0 Å². The van der Waals surface area contributed by atoms with Gasteiger partial charge >= 0.3 is 0 Å². The van der Waals surface area contributed by atoms with E-state index in [1.54, 1.807) is 13.0 Å². The number of benzene rings is 1. The highest BCUT2D eigenvalue weighted by molar-refractivity contribution is 5.98. The Balaban J connectivity index is 3.18. The van der Waals surface area contributed by atoms with Gasteiger partial charge in [0.05, 0.1) is 4.92 Å². The van der Waals surface area contributed by atoms with Crippen molar-refractivity contribution in [3.05, 3.63) is 39.4 Å². The minimum absolute atomic E-state index is 0.116. The molecule has 1 aromatic carbocycles. The topological polar surface area (TPSA) is 115 Å². The SMILES string of the molecule is CCC(C)C(NC(=O)c1ccc(C(C)(C)C)c([N+](=O)[O-])c1)C(N)=O. The Bertz CT molecular complexity index is 650. The highest BCUT2D eigenvalue weighted by atomic mass is 16.6. The number of hydrogen-bond donors (Lipinski definition) is 2. The van der Waals surface area contributed by atoms with Crippen molar-refractivity contribution in [2.24, 2.45) is 11.7 Å². The molecule has 0 aliphatic carbocycles. The van der Waals surface area contributed by atoms with Crippen LogP contribution in [-0.4, -0.2) is 22.8 Å². The standard InChI is InChI=1S/C17H25N3O4/c1-6-10(2)14(15(18)21)19-16(22)11-7-8-12(17(3,4)5)13(9-11)20(23)24/h7-10,14H,6H2,1-5H3,(H2,18,21)(H,19,22). The van der Waals surface area contributed by atoms with Crippen LogP contribution in [0.3, 0.4) is 0 Å². The molecule has 3 N–H and O–H groups in total. The number of amides is 2. The Morgan fingerprint density at radius 2 is 1.92 bits per heavy atom. The second kappa shape index (κ2) is 7.42. The molecule has 2 unspecified atom stereocenters. The van der Waals surface area contributed by atoms with Crippen LogP contribution in [0.1, 0.15) is 57.0 Å². The van der Waals surface area contributed by atoms with Gasteiger partial charge in [-0.15, -0.1) is 0 Å². The molecule has 0 radical (unpaired) electrons. The molecule has 0 heterocycles. The highest BCUT2D eigenvalue weighted by Crippen LogP contribution is 2.31. The van der Waals surface area contributed by atoms with Gasteiger partial charge in [0.25, 0.3) is 11.6 Å². The maximum atomic E-state index is 12.4. The van der Waals surface area contributed by atoms with Gasteiger partial charge in [-0.2, -0.15) is 0 Å². The van der Waals surface area contributed by atoms with E-state index in [-0.39, 0.29) is 17.2 Å². The zero-order valence-electron chi connectivity index (χ0n) is 14.8. The number of primary amides is 1. The molecule has 0 aliphatic heterocycles. The van der Waals surface area contributed by atoms with Crippen LogP contribution >= 0.6 is 0 Å². The molecule has 24 heavy (non-hydrogen) atoms. The molecule has 0 saturated carbocycles. The Hall–Kier alpha value is -2.44. The Kier molecular flexibility index (Phi) is 6.06. The monoisotopic (exact) mass is 335 g/mol. The molecule has 1 aromatic rings. The van der Waals surface area contributed by atoms with E-state index >= 15 is 0 Å². The van der Waals surface area contributed by atoms with Gasteiger partial charge in [-0.3, -0.25) is 19.7 Å². The van der Waals surface area contributed by atoms with Crippen molar-refractivity contribution in [3.8, 4) is 0 Å². The molecular formula is C17H25N3O4. The third-order valence-electron chi connectivity index (χ3n) is 4.07. The highest BCUT2D eigenvalue weighted by Gasteiger charge is 2.28. The van der Waals surface area contributed by atoms with Gasteiger partial charge in [0, 0.05) is 17.2 Å². The minimum Gasteiger partial charge on any atom is -0.368 e. The van der Waals surface area contributed by atoms with Gasteiger partial charge in [-0.25, -0.2) is 0 Å². The van der Waals surface area contributed by atoms with Crippen molar-refractivity contribution < 1.29 is 14.5 Å². The number of nitro benzene ring substituents is 1. The molecule has 0 aromatic heterocycles. The first-order valence-corrected chi connectivity index (χ1v) is 7.88. The number of carbonyl (C=O) groups excluding carboxylic acids is 2. The largest absolute Gasteiger partial charge is 0.368 e. The van der Waals surface area contributed by atoms with Crippen LogP contribution in [0.15, 0.2) is 18.2 Å². The maximum absolute atomic E-state index is 12.4. The summed E-state index contributed by atoms with van der Waals surface area (Å²) in [6, 6.07) is 3.53. The molecule has 2 atom stereocenters. The second-order valence-corrected chi connectivity index (χ2v) is 6.98. The second-order valence-electron chi connectivity index (χ2n) is 6.98. The maximum Gasteiger partial charge on any atom is 0.273 e. The molecule has 0 bridgehead atoms. The van der Waals surface area contributed by atoms with Gasteiger partial charge in [-0.05, 0) is 17.4 Å². The first-order valence-electron chi connectivity index (χ1n) is 7.88. The Labute approximate surface area is 141 Å². The van der Waals surface area contributed by atoms with Gasteiger partial charge in [0.2, 0.25) is 5.91 Å². The van der Waals surface area contributed by atoms with Gasteiger partial charge in [0.15, 0.2) is 0 Å². The molecule has 0 fully saturated rings. The molecule has 0 spiro atoms. The first kappa shape index (κ1) is 19.6. The number of nitrogens with one attached hydrogen (secondary N) is 1. The number of carbonyl (C=O) groups is 2. The van der Waals surface area contributed by atoms with Crippen molar-refractivity contribution in [1.82, 2.24) is 5.32 Å². The van der Waals surface area contributed by atoms with Crippen LogP contribution in [-0.2, 0) is 10.2 Å². The minimum atomic E-state index is -0.816. The molecule has 2 amide bonds. The molecule has 7 heteroatoms. The summed E-state index contributed by atoms with van der Waals surface area (Å²) in [6.45, 7) is 9.28. The van der Waals surface area contributed by atoms with Crippen molar-refractivity contribution in [3.63, 3.8) is 0 Å². The zero-order chi connectivity index (χ0) is 18.7. The predicted molar refractivity (Wildman–Crippen MR) is 91.7 cm³/mol. The van der Waals surface area contributed by atoms with Gasteiger partial charge in [-0.1, -0.05) is 47.1 Å². The summed E-state index contributed by atoms with van der Waals surface area (Å²) in [5.41, 5.74) is 5.46. The molecule has 0 aliphatic rings. The average molecular weight is 335 g/mol. The summed E-state index contributed by atoms with van der Waals surface area (Å²) in [5, 5.41) is 13.9. The zero-order valence-corrected chi connectivity index (χ0v) is 14.8. The first-order chi connectivity index (χ1) is 11.0. The fourth-order valence-corrected chi connectivity index (χ4v) is 2.41. The van der Waals surface area contributed by atoms with Crippen LogP contribution < -0.4 is 11.1 Å². The van der Waals surface area contributed by atoms with Crippen LogP contribution in [0.2, 0.25) is 0 Å². The number of nitro groups is 1. The smallest absolute Gasteiger partial charge is 0.273 e. The third-order valence-corrected chi connectivity index (χ3v) is 4.07. The summed E-state index contributed by atoms with van der Waals surface area (Å²) >= 11 is 0. The third kappa shape index (κ3) is 4.53. The van der Waals surface area contributed by atoms with Crippen LogP contribution in [0, 0.1) is 16.0 Å². The summed E-state index contributed by atoms with van der Waals surface area (Å²) in [6.07, 6.45) is 0.664. The van der Waals surface area contributed by atoms with Crippen LogP contribution in [0.4, 0.5) is 5.69 Å². The predicted octanol–water partition coefficient (Wildman–Crippen LogP) is 2.52. The lowest BCUT2D eigenvalue weighted by Crippen LogP contribution is -2.48. The quantitative estimate of drug-likeness (QED) is 0.614. The van der Waals surface area contributed by atoms with Crippen molar-refractivity contribution in [2.45, 2.75) is 52.5 Å². The summed E-state index contributed by atoms with van der Waals surface area (Å²) in [5.74, 6) is -1.31. The van der Waals surface area contributed by atoms with Gasteiger partial charge in [0.1, 0.15) is 6.04 Å². The fraction of sp³-hybridized carbons (Fsp3) is 0.529. The van der Waals surface area contributed by atoms with E-state index in [1.165, 1.54) is 12.1 Å². The summed E-state index contributed by atoms with van der Waals surface area (Å²) in [4.78, 5) is 34.7. The average Bonchev–Trinajstić information content (AvgIpc) is 2.49. The number of hydrogen-bond acceptors (Lipinski definition) is 4. The van der Waals surface area contributed by atoms with E-state index in [0.29, 0.717) is 12.0 Å². The van der Waals surface area contributed by atoms with E-state index in [2.05, 4.69) is 5.32 Å². The van der Waals surface area contributed by atoms with E-state index in [0.717, 1.165) is 0 Å². The number of nitrogens with two attached hydrogens (primary N) is 1. The lowest BCUT2D eigenvalue weighted by Gasteiger charge is -2.22. The lowest BCUT2D eigenvalue weighted by molar-refractivity contribution is -0.386. The Morgan fingerprint density at radius 3 is 2.33 bits per heavy atom. The molecule has 7 nitrogen and oxygen atoms in total. The van der Waals surface area contributed by atoms with Crippen molar-refractivity contribution in [1.29, 1.82) is 0 Å². The number of nitrogens with zero attached hydrogens (tertiary/aromatic N) is 1. The van der Waals surface area contributed by atoms with Gasteiger partial charge < -0.3 is 11.1 Å². The van der Waals surface area contributed by atoms with Crippen LogP contribution in [0.5, 0.6) is 0 Å². The van der Waals surface area contributed by atoms with E-state index < -0.39 is 28.2 Å². The lowest BCUT2D eigenvalue weighted by atomic mass is 9.85. The fourth-order valence-electron chi connectivity index (χ4n) is 2.41. The summed E-state index contributed by atoms with van der Waals surface area (Å²) in [7, 11) is 0. The molecule has 132 valence electrons. The number of rotatable bonds is 6. The van der Waals surface area contributed by atoms with E-state index in [9.17, 15) is 19.7 Å². The normalized spacial score (nSPS) is 13.9. The van der Waals surface area contributed by atoms with E-state index in [4.69, 9.17) is 5.73 Å². The van der Waals surface area contributed by atoms with Crippen molar-refractivity contribution >= 4 is 17.5 Å². The molecule has 0 saturated heterocycles. The Morgan fingerprint density at radius 1 is 1.33 bits per heavy atom. The molecule has 1 rings (SSSR count). The van der Waals surface area contributed by atoms with Crippen LogP contribution in [0.25, 0.3) is 0 Å². The summed E-state index contributed by atoms with van der Waals surface area (Å²) < 4.78 is 0. The van der Waals surface area contributed by atoms with E-state index in [1.807, 2.05) is 27.7 Å². The molecular weight excluding hydrogens is 310 g/mol.